The number of aliphatic carboxylic acids is 1. The minimum absolute atomic E-state index is 0.176. The van der Waals surface area contributed by atoms with Crippen LogP contribution in [-0.4, -0.2) is 34.7 Å². The monoisotopic (exact) mass is 326 g/mol. The molecule has 0 radical (unpaired) electrons. The maximum absolute atomic E-state index is 13.7. The minimum atomic E-state index is -1.30. The second-order valence-electron chi connectivity index (χ2n) is 5.92. The number of nitrogens with one attached hydrogen (secondary N) is 1. The molecular formula is C15H19FN2O5. The quantitative estimate of drug-likeness (QED) is 0.756. The summed E-state index contributed by atoms with van der Waals surface area (Å²) < 4.78 is 18.7. The molecule has 7 nitrogen and oxygen atoms in total. The number of benzene rings is 1. The summed E-state index contributed by atoms with van der Waals surface area (Å²) in [5.74, 6) is -3.07. The van der Waals surface area contributed by atoms with Gasteiger partial charge in [-0.1, -0.05) is 6.07 Å². The van der Waals surface area contributed by atoms with E-state index in [4.69, 9.17) is 15.6 Å². The van der Waals surface area contributed by atoms with Gasteiger partial charge in [0.05, 0.1) is 5.56 Å². The van der Waals surface area contributed by atoms with Crippen LogP contribution in [0.25, 0.3) is 0 Å². The first kappa shape index (κ1) is 18.4. The molecule has 0 spiro atoms. The molecule has 1 aromatic rings. The minimum Gasteiger partial charge on any atom is -0.480 e. The van der Waals surface area contributed by atoms with Gasteiger partial charge in [-0.2, -0.15) is 0 Å². The summed E-state index contributed by atoms with van der Waals surface area (Å²) in [4.78, 5) is 33.8. The molecule has 0 aliphatic heterocycles. The molecule has 0 saturated heterocycles. The van der Waals surface area contributed by atoms with Crippen LogP contribution in [0.15, 0.2) is 18.2 Å². The molecule has 0 saturated carbocycles. The molecule has 0 aliphatic carbocycles. The van der Waals surface area contributed by atoms with Crippen molar-refractivity contribution >= 4 is 18.0 Å². The summed E-state index contributed by atoms with van der Waals surface area (Å²) in [7, 11) is 0. The maximum Gasteiger partial charge on any atom is 0.408 e. The third kappa shape index (κ3) is 5.93. The van der Waals surface area contributed by atoms with Crippen molar-refractivity contribution in [3.8, 4) is 0 Å². The van der Waals surface area contributed by atoms with Gasteiger partial charge < -0.3 is 20.9 Å². The Morgan fingerprint density at radius 3 is 2.39 bits per heavy atom. The predicted octanol–water partition coefficient (Wildman–Crippen LogP) is 1.45. The molecule has 126 valence electrons. The lowest BCUT2D eigenvalue weighted by Gasteiger charge is -2.22. The van der Waals surface area contributed by atoms with Crippen molar-refractivity contribution in [2.24, 2.45) is 5.73 Å². The fourth-order valence-electron chi connectivity index (χ4n) is 1.77. The molecule has 23 heavy (non-hydrogen) atoms. The number of hydrogen-bond acceptors (Lipinski definition) is 4. The highest BCUT2D eigenvalue weighted by molar-refractivity contribution is 5.93. The molecule has 0 fully saturated rings. The number of nitrogens with two attached hydrogens (primary N) is 1. The Labute approximate surface area is 132 Å². The maximum atomic E-state index is 13.7. The fraction of sp³-hybridized carbons (Fsp3) is 0.400. The van der Waals surface area contributed by atoms with Crippen molar-refractivity contribution < 1.29 is 28.6 Å². The van der Waals surface area contributed by atoms with Gasteiger partial charge in [-0.3, -0.25) is 4.79 Å². The highest BCUT2D eigenvalue weighted by atomic mass is 19.1. The second kappa shape index (κ2) is 7.08. The van der Waals surface area contributed by atoms with Crippen molar-refractivity contribution in [1.82, 2.24) is 5.32 Å². The van der Waals surface area contributed by atoms with Gasteiger partial charge in [0.25, 0.3) is 5.91 Å². The van der Waals surface area contributed by atoms with Crippen LogP contribution in [0.5, 0.6) is 0 Å². The van der Waals surface area contributed by atoms with E-state index in [-0.39, 0.29) is 17.5 Å². The first-order valence-corrected chi connectivity index (χ1v) is 6.80. The molecular weight excluding hydrogens is 307 g/mol. The van der Waals surface area contributed by atoms with Crippen LogP contribution in [0.4, 0.5) is 9.18 Å². The average molecular weight is 326 g/mol. The zero-order chi connectivity index (χ0) is 17.8. The Bertz CT molecular complexity index is 625. The molecule has 1 atom stereocenters. The van der Waals surface area contributed by atoms with Crippen molar-refractivity contribution in [2.75, 3.05) is 0 Å². The van der Waals surface area contributed by atoms with Gasteiger partial charge in [-0.05, 0) is 38.5 Å². The van der Waals surface area contributed by atoms with E-state index in [2.05, 4.69) is 5.32 Å². The van der Waals surface area contributed by atoms with Gasteiger partial charge in [-0.15, -0.1) is 0 Å². The Morgan fingerprint density at radius 1 is 1.35 bits per heavy atom. The van der Waals surface area contributed by atoms with Gasteiger partial charge in [0.1, 0.15) is 17.5 Å². The van der Waals surface area contributed by atoms with Crippen LogP contribution in [0, 0.1) is 5.82 Å². The topological polar surface area (TPSA) is 119 Å². The summed E-state index contributed by atoms with van der Waals surface area (Å²) in [6.45, 7) is 4.92. The number of halogens is 1. The Morgan fingerprint density at radius 2 is 1.96 bits per heavy atom. The molecule has 1 aromatic carbocycles. The van der Waals surface area contributed by atoms with E-state index in [1.54, 1.807) is 20.8 Å². The normalized spacial score (nSPS) is 12.3. The van der Waals surface area contributed by atoms with Gasteiger partial charge in [0, 0.05) is 6.42 Å². The highest BCUT2D eigenvalue weighted by Crippen LogP contribution is 2.13. The lowest BCUT2D eigenvalue weighted by atomic mass is 10.0. The fourth-order valence-corrected chi connectivity index (χ4v) is 1.77. The molecule has 8 heteroatoms. The summed E-state index contributed by atoms with van der Waals surface area (Å²) in [5.41, 5.74) is 4.21. The molecule has 0 aromatic heterocycles. The van der Waals surface area contributed by atoms with Gasteiger partial charge in [0.15, 0.2) is 0 Å². The molecule has 0 bridgehead atoms. The van der Waals surface area contributed by atoms with E-state index in [0.29, 0.717) is 0 Å². The number of carbonyl (C=O) groups is 3. The van der Waals surface area contributed by atoms with E-state index < -0.39 is 35.4 Å². The van der Waals surface area contributed by atoms with Crippen LogP contribution in [0.2, 0.25) is 0 Å². The van der Waals surface area contributed by atoms with Crippen LogP contribution < -0.4 is 11.1 Å². The number of carbonyl (C=O) groups excluding carboxylic acids is 2. The second-order valence-corrected chi connectivity index (χ2v) is 5.92. The number of hydrogen-bond donors (Lipinski definition) is 3. The van der Waals surface area contributed by atoms with E-state index in [0.717, 1.165) is 6.07 Å². The Kier molecular flexibility index (Phi) is 5.67. The number of primary amides is 1. The SMILES string of the molecule is CC(C)(C)OC(=O)N[C@@H](Cc1ccc(C(N)=O)c(F)c1)C(=O)O. The van der Waals surface area contributed by atoms with Crippen molar-refractivity contribution in [3.63, 3.8) is 0 Å². The zero-order valence-corrected chi connectivity index (χ0v) is 13.1. The van der Waals surface area contributed by atoms with Gasteiger partial charge >= 0.3 is 12.1 Å². The molecule has 4 N–H and O–H groups in total. The highest BCUT2D eigenvalue weighted by Gasteiger charge is 2.24. The largest absolute Gasteiger partial charge is 0.480 e. The molecule has 0 heterocycles. The Hall–Kier alpha value is -2.64. The zero-order valence-electron chi connectivity index (χ0n) is 13.1. The van der Waals surface area contributed by atoms with Crippen LogP contribution in [0.3, 0.4) is 0 Å². The summed E-state index contributed by atoms with van der Waals surface area (Å²) >= 11 is 0. The first-order chi connectivity index (χ1) is 10.5. The number of rotatable bonds is 5. The smallest absolute Gasteiger partial charge is 0.408 e. The van der Waals surface area contributed by atoms with Crippen molar-refractivity contribution in [1.29, 1.82) is 0 Å². The summed E-state index contributed by atoms with van der Waals surface area (Å²) in [6.07, 6.45) is -1.07. The number of alkyl carbamates (subject to hydrolysis) is 1. The van der Waals surface area contributed by atoms with Crippen molar-refractivity contribution in [2.45, 2.75) is 38.8 Å². The molecule has 0 unspecified atom stereocenters. The number of ether oxygens (including phenoxy) is 1. The van der Waals surface area contributed by atoms with E-state index in [1.165, 1.54) is 12.1 Å². The van der Waals surface area contributed by atoms with Gasteiger partial charge in [0.2, 0.25) is 0 Å². The molecule has 0 aliphatic rings. The lowest BCUT2D eigenvalue weighted by Crippen LogP contribution is -2.44. The summed E-state index contributed by atoms with van der Waals surface area (Å²) in [6, 6.07) is 2.24. The lowest BCUT2D eigenvalue weighted by molar-refractivity contribution is -0.139. The van der Waals surface area contributed by atoms with Crippen LogP contribution in [0.1, 0.15) is 36.7 Å². The molecule has 1 rings (SSSR count). The summed E-state index contributed by atoms with van der Waals surface area (Å²) in [5, 5.41) is 11.4. The van der Waals surface area contributed by atoms with Gasteiger partial charge in [-0.25, -0.2) is 14.0 Å². The first-order valence-electron chi connectivity index (χ1n) is 6.80. The van der Waals surface area contributed by atoms with E-state index >= 15 is 0 Å². The number of carboxylic acid groups (broad SMARTS) is 1. The standard InChI is InChI=1S/C15H19FN2O5/c1-15(2,3)23-14(22)18-11(13(20)21)7-8-4-5-9(12(17)19)10(16)6-8/h4-6,11H,7H2,1-3H3,(H2,17,19)(H,18,22)(H,20,21)/t11-/m0/s1. The van der Waals surface area contributed by atoms with Crippen LogP contribution in [-0.2, 0) is 16.0 Å². The van der Waals surface area contributed by atoms with E-state index in [9.17, 15) is 18.8 Å². The predicted molar refractivity (Wildman–Crippen MR) is 79.4 cm³/mol. The Balaban J connectivity index is 2.85. The average Bonchev–Trinajstić information content (AvgIpc) is 2.35. The number of carboxylic acids is 1. The van der Waals surface area contributed by atoms with E-state index in [1.807, 2.05) is 0 Å². The number of amides is 2. The van der Waals surface area contributed by atoms with Crippen molar-refractivity contribution in [3.05, 3.63) is 35.1 Å². The third-order valence-corrected chi connectivity index (χ3v) is 2.73. The molecule has 2 amide bonds. The van der Waals surface area contributed by atoms with Crippen LogP contribution >= 0.6 is 0 Å². The third-order valence-electron chi connectivity index (χ3n) is 2.73.